The van der Waals surface area contributed by atoms with Crippen LogP contribution in [0.25, 0.3) is 0 Å². The number of nitrogens with two attached hydrogens (primary N) is 1. The monoisotopic (exact) mass is 354 g/mol. The van der Waals surface area contributed by atoms with Crippen molar-refractivity contribution in [1.82, 2.24) is 15.2 Å². The highest BCUT2D eigenvalue weighted by atomic mass is 79.9. The van der Waals surface area contributed by atoms with E-state index in [1.807, 2.05) is 35.0 Å². The summed E-state index contributed by atoms with van der Waals surface area (Å²) in [6, 6.07) is 9.44. The average molecular weight is 355 g/mol. The molecule has 2 aromatic rings. The van der Waals surface area contributed by atoms with E-state index in [0.29, 0.717) is 19.8 Å². The molecule has 1 heterocycles. The molecule has 7 heteroatoms. The van der Waals surface area contributed by atoms with Gasteiger partial charge in [0.15, 0.2) is 0 Å². The Morgan fingerprint density at radius 1 is 1.38 bits per heavy atom. The molecule has 0 spiro atoms. The summed E-state index contributed by atoms with van der Waals surface area (Å²) in [5.41, 5.74) is 3.71. The Bertz CT molecular complexity index is 547. The number of rotatable bonds is 8. The number of nitrogens with zero attached hydrogens (tertiary/aromatic N) is 2. The minimum absolute atomic E-state index is 0.182. The van der Waals surface area contributed by atoms with Gasteiger partial charge in [0, 0.05) is 7.11 Å². The first kappa shape index (κ1) is 16.0. The lowest BCUT2D eigenvalue weighted by atomic mass is 10.2. The Morgan fingerprint density at radius 2 is 2.14 bits per heavy atom. The molecule has 0 radical (unpaired) electrons. The van der Waals surface area contributed by atoms with Gasteiger partial charge in [-0.3, -0.25) is 10.5 Å². The Labute approximate surface area is 132 Å². The minimum atomic E-state index is -0.182. The van der Waals surface area contributed by atoms with E-state index in [2.05, 4.69) is 26.5 Å². The molecular weight excluding hydrogens is 336 g/mol. The maximum atomic E-state index is 5.76. The minimum Gasteiger partial charge on any atom is -0.491 e. The van der Waals surface area contributed by atoms with Crippen LogP contribution in [0.4, 0.5) is 0 Å². The second-order valence-electron chi connectivity index (χ2n) is 4.44. The largest absolute Gasteiger partial charge is 0.491 e. The zero-order chi connectivity index (χ0) is 15.1. The Balaban J connectivity index is 2.08. The number of methoxy groups -OCH3 is 1. The molecule has 1 aromatic heterocycles. The van der Waals surface area contributed by atoms with Crippen LogP contribution in [0.15, 0.2) is 41.0 Å². The summed E-state index contributed by atoms with van der Waals surface area (Å²) in [7, 11) is 1.66. The third-order valence-electron chi connectivity index (χ3n) is 3.03. The van der Waals surface area contributed by atoms with Crippen molar-refractivity contribution in [2.45, 2.75) is 12.6 Å². The molecule has 0 aliphatic rings. The van der Waals surface area contributed by atoms with Crippen LogP contribution in [0.5, 0.6) is 5.75 Å². The summed E-state index contributed by atoms with van der Waals surface area (Å²) in [5.74, 6) is 6.47. The maximum absolute atomic E-state index is 5.76. The molecule has 21 heavy (non-hydrogen) atoms. The van der Waals surface area contributed by atoms with Gasteiger partial charge in [-0.25, -0.2) is 5.43 Å². The van der Waals surface area contributed by atoms with Crippen molar-refractivity contribution in [3.8, 4) is 5.75 Å². The Kier molecular flexibility index (Phi) is 6.19. The van der Waals surface area contributed by atoms with Crippen LogP contribution in [-0.2, 0) is 11.3 Å². The van der Waals surface area contributed by atoms with Gasteiger partial charge in [0.2, 0.25) is 0 Å². The molecule has 3 N–H and O–H groups in total. The van der Waals surface area contributed by atoms with Crippen LogP contribution in [-0.4, -0.2) is 30.1 Å². The van der Waals surface area contributed by atoms with Crippen LogP contribution < -0.4 is 16.0 Å². The van der Waals surface area contributed by atoms with E-state index < -0.39 is 0 Å². The summed E-state index contributed by atoms with van der Waals surface area (Å²) in [6.45, 7) is 1.64. The highest BCUT2D eigenvalue weighted by Crippen LogP contribution is 2.24. The quantitative estimate of drug-likeness (QED) is 0.559. The van der Waals surface area contributed by atoms with E-state index in [0.717, 1.165) is 15.9 Å². The van der Waals surface area contributed by atoms with Crippen LogP contribution in [0, 0.1) is 0 Å². The number of aromatic nitrogens is 2. The topological polar surface area (TPSA) is 74.3 Å². The molecule has 0 aliphatic heterocycles. The molecule has 0 saturated heterocycles. The highest BCUT2D eigenvalue weighted by Gasteiger charge is 2.19. The molecule has 114 valence electrons. The van der Waals surface area contributed by atoms with Gasteiger partial charge in [-0.15, -0.1) is 0 Å². The fourth-order valence-corrected chi connectivity index (χ4v) is 2.55. The van der Waals surface area contributed by atoms with Gasteiger partial charge in [0.25, 0.3) is 0 Å². The summed E-state index contributed by atoms with van der Waals surface area (Å²) >= 11 is 3.50. The van der Waals surface area contributed by atoms with Crippen molar-refractivity contribution in [2.24, 2.45) is 5.84 Å². The van der Waals surface area contributed by atoms with Gasteiger partial charge >= 0.3 is 0 Å². The average Bonchev–Trinajstić information content (AvgIpc) is 2.88. The Morgan fingerprint density at radius 3 is 2.81 bits per heavy atom. The van der Waals surface area contributed by atoms with E-state index in [4.69, 9.17) is 15.3 Å². The second-order valence-corrected chi connectivity index (χ2v) is 5.29. The molecular formula is C14H19BrN4O2. The molecule has 0 fully saturated rings. The van der Waals surface area contributed by atoms with Gasteiger partial charge in [-0.05, 0) is 28.1 Å². The van der Waals surface area contributed by atoms with Crippen molar-refractivity contribution in [2.75, 3.05) is 20.3 Å². The molecule has 1 unspecified atom stereocenters. The van der Waals surface area contributed by atoms with E-state index in [1.165, 1.54) is 0 Å². The van der Waals surface area contributed by atoms with Crippen molar-refractivity contribution >= 4 is 15.9 Å². The molecule has 0 bridgehead atoms. The zero-order valence-corrected chi connectivity index (χ0v) is 13.4. The number of para-hydroxylation sites is 1. The number of hydrogen-bond donors (Lipinski definition) is 2. The van der Waals surface area contributed by atoms with Crippen LogP contribution in [0.2, 0.25) is 0 Å². The van der Waals surface area contributed by atoms with Gasteiger partial charge in [-0.1, -0.05) is 18.2 Å². The van der Waals surface area contributed by atoms with Crippen LogP contribution in [0.1, 0.15) is 11.7 Å². The zero-order valence-electron chi connectivity index (χ0n) is 11.8. The first-order chi connectivity index (χ1) is 10.3. The van der Waals surface area contributed by atoms with E-state index in [9.17, 15) is 0 Å². The normalized spacial score (nSPS) is 12.3. The molecule has 0 aliphatic carbocycles. The molecule has 6 nitrogen and oxygen atoms in total. The maximum Gasteiger partial charge on any atom is 0.119 e. The van der Waals surface area contributed by atoms with E-state index in [-0.39, 0.29) is 6.04 Å². The number of ether oxygens (including phenoxy) is 2. The molecule has 2 rings (SSSR count). The van der Waals surface area contributed by atoms with Crippen molar-refractivity contribution in [3.05, 3.63) is 46.7 Å². The third kappa shape index (κ3) is 4.28. The Hall–Kier alpha value is -1.41. The van der Waals surface area contributed by atoms with E-state index >= 15 is 0 Å². The van der Waals surface area contributed by atoms with Crippen LogP contribution in [0.3, 0.4) is 0 Å². The first-order valence-electron chi connectivity index (χ1n) is 6.60. The lowest BCUT2D eigenvalue weighted by Gasteiger charge is -2.19. The lowest BCUT2D eigenvalue weighted by Crippen LogP contribution is -2.34. The van der Waals surface area contributed by atoms with Gasteiger partial charge < -0.3 is 9.47 Å². The molecule has 1 aromatic carbocycles. The molecule has 1 atom stereocenters. The fraction of sp³-hybridized carbons (Fsp3) is 0.357. The predicted octanol–water partition coefficient (Wildman–Crippen LogP) is 1.88. The van der Waals surface area contributed by atoms with Crippen molar-refractivity contribution in [3.63, 3.8) is 0 Å². The van der Waals surface area contributed by atoms with Crippen LogP contribution >= 0.6 is 15.9 Å². The lowest BCUT2D eigenvalue weighted by molar-refractivity contribution is 0.179. The number of nitrogens with one attached hydrogen (secondary N) is 1. The van der Waals surface area contributed by atoms with E-state index in [1.54, 1.807) is 13.3 Å². The summed E-state index contributed by atoms with van der Waals surface area (Å²) in [5, 5.41) is 4.32. The number of hydrogen-bond acceptors (Lipinski definition) is 5. The van der Waals surface area contributed by atoms with Crippen molar-refractivity contribution < 1.29 is 9.47 Å². The smallest absolute Gasteiger partial charge is 0.119 e. The van der Waals surface area contributed by atoms with Crippen molar-refractivity contribution in [1.29, 1.82) is 0 Å². The number of hydrazine groups is 1. The summed E-state index contributed by atoms with van der Waals surface area (Å²) < 4.78 is 13.6. The predicted molar refractivity (Wildman–Crippen MR) is 83.8 cm³/mol. The van der Waals surface area contributed by atoms with Gasteiger partial charge in [-0.2, -0.15) is 5.10 Å². The highest BCUT2D eigenvalue weighted by molar-refractivity contribution is 9.10. The number of benzene rings is 1. The third-order valence-corrected chi connectivity index (χ3v) is 3.64. The fourth-order valence-electron chi connectivity index (χ4n) is 1.98. The molecule has 0 saturated carbocycles. The first-order valence-corrected chi connectivity index (χ1v) is 7.39. The second kappa shape index (κ2) is 8.14. The summed E-state index contributed by atoms with van der Waals surface area (Å²) in [4.78, 5) is 0. The standard InChI is InChI=1S/C14H19BrN4O2/c1-20-8-7-19-14(12(15)9-17-19)13(18-16)10-21-11-5-3-2-4-6-11/h2-6,9,13,18H,7-8,10,16H2,1H3. The number of halogens is 1. The SMILES string of the molecule is COCCn1ncc(Br)c1C(COc1ccccc1)NN. The van der Waals surface area contributed by atoms with Gasteiger partial charge in [0.05, 0.1) is 35.6 Å². The summed E-state index contributed by atoms with van der Waals surface area (Å²) in [6.07, 6.45) is 1.75. The van der Waals surface area contributed by atoms with Gasteiger partial charge in [0.1, 0.15) is 12.4 Å². The molecule has 0 amide bonds.